The average Bonchev–Trinajstić information content (AvgIpc) is 2.39. The van der Waals surface area contributed by atoms with Crippen molar-refractivity contribution in [3.8, 4) is 0 Å². The third-order valence-corrected chi connectivity index (χ3v) is 3.44. The third-order valence-electron chi connectivity index (χ3n) is 3.44. The number of allylic oxidation sites excluding steroid dienone is 2. The molecule has 0 saturated heterocycles. The maximum absolute atomic E-state index is 6.12. The Bertz CT molecular complexity index is 477. The van der Waals surface area contributed by atoms with Gasteiger partial charge in [0.05, 0.1) is 24.6 Å². The van der Waals surface area contributed by atoms with Crippen molar-refractivity contribution in [2.45, 2.75) is 32.6 Å². The predicted molar refractivity (Wildman–Crippen MR) is 74.3 cm³/mol. The molecule has 0 amide bonds. The molecule has 0 bridgehead atoms. The van der Waals surface area contributed by atoms with Gasteiger partial charge in [0.2, 0.25) is 0 Å². The zero-order valence-electron chi connectivity index (χ0n) is 11.0. The van der Waals surface area contributed by atoms with E-state index in [1.165, 1.54) is 5.57 Å². The van der Waals surface area contributed by atoms with E-state index in [1.807, 2.05) is 6.08 Å². The summed E-state index contributed by atoms with van der Waals surface area (Å²) in [4.78, 5) is 4.21. The molecule has 2 rings (SSSR count). The van der Waals surface area contributed by atoms with E-state index in [9.17, 15) is 0 Å². The minimum Gasteiger partial charge on any atom is -0.392 e. The number of aliphatic imine (C=N–C) groups is 1. The van der Waals surface area contributed by atoms with E-state index < -0.39 is 0 Å². The fourth-order valence-corrected chi connectivity index (χ4v) is 2.44. The molecule has 0 aromatic rings. The van der Waals surface area contributed by atoms with Crippen LogP contribution in [0.3, 0.4) is 0 Å². The predicted octanol–water partition coefficient (Wildman–Crippen LogP) is 2.86. The summed E-state index contributed by atoms with van der Waals surface area (Å²) in [6, 6.07) is 0. The molecule has 0 radical (unpaired) electrons. The quantitative estimate of drug-likeness (QED) is 0.569. The summed E-state index contributed by atoms with van der Waals surface area (Å²) in [5.74, 6) is 0. The van der Waals surface area contributed by atoms with Crippen molar-refractivity contribution in [2.75, 3.05) is 13.2 Å². The van der Waals surface area contributed by atoms with Crippen molar-refractivity contribution in [3.63, 3.8) is 0 Å². The van der Waals surface area contributed by atoms with E-state index in [4.69, 9.17) is 10.5 Å². The zero-order valence-corrected chi connectivity index (χ0v) is 11.0. The Morgan fingerprint density at radius 2 is 2.22 bits per heavy atom. The van der Waals surface area contributed by atoms with Crippen LogP contribution in [0.2, 0.25) is 0 Å². The number of nitrogens with two attached hydrogens (primary N) is 1. The van der Waals surface area contributed by atoms with Gasteiger partial charge in [-0.25, -0.2) is 0 Å². The van der Waals surface area contributed by atoms with E-state index in [1.54, 1.807) is 0 Å². The Kier molecular flexibility index (Phi) is 4.19. The van der Waals surface area contributed by atoms with Gasteiger partial charge in [-0.1, -0.05) is 5.73 Å². The van der Waals surface area contributed by atoms with Gasteiger partial charge < -0.3 is 10.5 Å². The fraction of sp³-hybridized carbons (Fsp3) is 0.467. The molecule has 0 unspecified atom stereocenters. The van der Waals surface area contributed by atoms with Crippen molar-refractivity contribution < 1.29 is 4.74 Å². The first-order valence-corrected chi connectivity index (χ1v) is 6.41. The molecule has 18 heavy (non-hydrogen) atoms. The summed E-state index contributed by atoms with van der Waals surface area (Å²) >= 11 is 0. The Labute approximate surface area is 108 Å². The molecule has 0 saturated carbocycles. The lowest BCUT2D eigenvalue weighted by Gasteiger charge is -2.22. The van der Waals surface area contributed by atoms with E-state index >= 15 is 0 Å². The van der Waals surface area contributed by atoms with Gasteiger partial charge in [-0.15, -0.1) is 0 Å². The Morgan fingerprint density at radius 3 is 3.00 bits per heavy atom. The van der Waals surface area contributed by atoms with Crippen LogP contribution in [0.25, 0.3) is 0 Å². The molecule has 1 aliphatic carbocycles. The average molecular weight is 244 g/mol. The van der Waals surface area contributed by atoms with E-state index in [2.05, 4.69) is 24.4 Å². The molecule has 0 fully saturated rings. The highest BCUT2D eigenvalue weighted by Crippen LogP contribution is 2.30. The first-order chi connectivity index (χ1) is 8.74. The first-order valence-electron chi connectivity index (χ1n) is 6.41. The Balaban J connectivity index is 2.59. The normalized spacial score (nSPS) is 25.5. The van der Waals surface area contributed by atoms with Crippen molar-refractivity contribution in [2.24, 2.45) is 10.7 Å². The SMILES string of the molecule is C=N/C1=C(\C)CCCC=C=C(N)C2=C1COCC2. The number of ether oxygens (including phenoxy) is 1. The molecule has 2 N–H and O–H groups in total. The maximum atomic E-state index is 6.12. The molecule has 0 atom stereocenters. The van der Waals surface area contributed by atoms with Crippen LogP contribution >= 0.6 is 0 Å². The van der Waals surface area contributed by atoms with Crippen LogP contribution < -0.4 is 5.73 Å². The molecule has 1 heterocycles. The molecule has 3 heteroatoms. The molecular weight excluding hydrogens is 224 g/mol. The molecule has 3 nitrogen and oxygen atoms in total. The molecule has 2 aliphatic rings. The minimum absolute atomic E-state index is 0.573. The highest BCUT2D eigenvalue weighted by molar-refractivity contribution is 5.49. The second-order valence-corrected chi connectivity index (χ2v) is 4.70. The van der Waals surface area contributed by atoms with Crippen molar-refractivity contribution in [1.29, 1.82) is 0 Å². The molecule has 0 aromatic heterocycles. The van der Waals surface area contributed by atoms with Crippen LogP contribution in [0.1, 0.15) is 32.6 Å². The monoisotopic (exact) mass is 244 g/mol. The van der Waals surface area contributed by atoms with Gasteiger partial charge in [-0.2, -0.15) is 0 Å². The van der Waals surface area contributed by atoms with Gasteiger partial charge in [0, 0.05) is 5.57 Å². The Morgan fingerprint density at radius 1 is 1.39 bits per heavy atom. The van der Waals surface area contributed by atoms with Crippen molar-refractivity contribution in [3.05, 3.63) is 39.9 Å². The molecule has 1 aliphatic heterocycles. The second-order valence-electron chi connectivity index (χ2n) is 4.70. The Hall–Kier alpha value is -1.57. The van der Waals surface area contributed by atoms with Gasteiger partial charge in [0.1, 0.15) is 0 Å². The highest BCUT2D eigenvalue weighted by atomic mass is 16.5. The molecule has 0 aromatic carbocycles. The summed E-state index contributed by atoms with van der Waals surface area (Å²) in [5.41, 5.74) is 14.5. The van der Waals surface area contributed by atoms with Gasteiger partial charge in [-0.3, -0.25) is 4.99 Å². The lowest BCUT2D eigenvalue weighted by molar-refractivity contribution is 0.148. The minimum atomic E-state index is 0.573. The van der Waals surface area contributed by atoms with Crippen LogP contribution in [-0.4, -0.2) is 19.9 Å². The number of hydrogen-bond acceptors (Lipinski definition) is 3. The van der Waals surface area contributed by atoms with E-state index in [0.717, 1.165) is 48.2 Å². The summed E-state index contributed by atoms with van der Waals surface area (Å²) < 4.78 is 5.55. The number of hydrogen-bond donors (Lipinski definition) is 1. The van der Waals surface area contributed by atoms with Crippen molar-refractivity contribution in [1.82, 2.24) is 0 Å². The smallest absolute Gasteiger partial charge is 0.0782 e. The summed E-state index contributed by atoms with van der Waals surface area (Å²) in [5, 5.41) is 0. The lowest BCUT2D eigenvalue weighted by Crippen LogP contribution is -2.17. The largest absolute Gasteiger partial charge is 0.392 e. The van der Waals surface area contributed by atoms with Gasteiger partial charge >= 0.3 is 0 Å². The van der Waals surface area contributed by atoms with Crippen LogP contribution in [0.5, 0.6) is 0 Å². The van der Waals surface area contributed by atoms with Gasteiger partial charge in [-0.05, 0) is 56.5 Å². The highest BCUT2D eigenvalue weighted by Gasteiger charge is 2.19. The molecular formula is C15H20N2O. The van der Waals surface area contributed by atoms with Crippen molar-refractivity contribution >= 4 is 6.72 Å². The van der Waals surface area contributed by atoms with Gasteiger partial charge in [0.15, 0.2) is 0 Å². The number of rotatable bonds is 1. The molecule has 96 valence electrons. The van der Waals surface area contributed by atoms with E-state index in [0.29, 0.717) is 13.2 Å². The fourth-order valence-electron chi connectivity index (χ4n) is 2.44. The van der Waals surface area contributed by atoms with Crippen LogP contribution in [0, 0.1) is 0 Å². The van der Waals surface area contributed by atoms with Crippen LogP contribution in [-0.2, 0) is 4.74 Å². The first kappa shape index (κ1) is 12.9. The summed E-state index contributed by atoms with van der Waals surface area (Å²) in [6.45, 7) is 7.11. The zero-order chi connectivity index (χ0) is 13.0. The number of nitrogens with zero attached hydrogens (tertiary/aromatic N) is 1. The van der Waals surface area contributed by atoms with E-state index in [-0.39, 0.29) is 0 Å². The standard InChI is InChI=1S/C15H20N2O/c1-11-6-4-3-5-7-14(16)12-8-9-18-10-13(12)15(11)17-2/h5H,2-4,6,8-10,16H2,1H3/b15-11+. The lowest BCUT2D eigenvalue weighted by atomic mass is 9.94. The van der Waals surface area contributed by atoms with Gasteiger partial charge in [0.25, 0.3) is 0 Å². The third kappa shape index (κ3) is 2.63. The van der Waals surface area contributed by atoms with Crippen LogP contribution in [0.15, 0.2) is 44.9 Å². The topological polar surface area (TPSA) is 47.6 Å². The summed E-state index contributed by atoms with van der Waals surface area (Å²) in [6.07, 6.45) is 5.99. The second kappa shape index (κ2) is 5.85. The summed E-state index contributed by atoms with van der Waals surface area (Å²) in [7, 11) is 0. The van der Waals surface area contributed by atoms with Crippen LogP contribution in [0.4, 0.5) is 0 Å². The molecule has 0 spiro atoms. The maximum Gasteiger partial charge on any atom is 0.0782 e.